The lowest BCUT2D eigenvalue weighted by Gasteiger charge is -2.34. The van der Waals surface area contributed by atoms with Crippen LogP contribution in [0.2, 0.25) is 0 Å². The van der Waals surface area contributed by atoms with Crippen LogP contribution in [0.5, 0.6) is 0 Å². The van der Waals surface area contributed by atoms with Crippen LogP contribution in [0.1, 0.15) is 32.3 Å². The molecule has 1 aliphatic rings. The zero-order chi connectivity index (χ0) is 12.3. The van der Waals surface area contributed by atoms with Gasteiger partial charge in [-0.25, -0.2) is 0 Å². The molecular weight excluding hydrogens is 212 g/mol. The molecule has 2 heteroatoms. The maximum atomic E-state index is 12.2. The van der Waals surface area contributed by atoms with Gasteiger partial charge < -0.3 is 4.74 Å². The Morgan fingerprint density at radius 2 is 2.06 bits per heavy atom. The van der Waals surface area contributed by atoms with Gasteiger partial charge in [-0.2, -0.15) is 0 Å². The molecule has 0 amide bonds. The van der Waals surface area contributed by atoms with Crippen LogP contribution < -0.4 is 0 Å². The van der Waals surface area contributed by atoms with Gasteiger partial charge in [0.15, 0.2) is 0 Å². The van der Waals surface area contributed by atoms with Crippen molar-refractivity contribution in [1.29, 1.82) is 0 Å². The molecule has 92 valence electrons. The molecule has 1 fully saturated rings. The molecule has 1 atom stereocenters. The predicted octanol–water partition coefficient (Wildman–Crippen LogP) is 3.00. The van der Waals surface area contributed by atoms with Crippen LogP contribution in [-0.4, -0.2) is 18.0 Å². The Kier molecular flexibility index (Phi) is 3.63. The Labute approximate surface area is 103 Å². The Bertz CT molecular complexity index is 381. The number of rotatable bonds is 3. The third kappa shape index (κ3) is 3.40. The molecule has 0 bridgehead atoms. The van der Waals surface area contributed by atoms with Crippen molar-refractivity contribution in [2.45, 2.75) is 38.7 Å². The van der Waals surface area contributed by atoms with Crippen molar-refractivity contribution >= 4 is 5.78 Å². The van der Waals surface area contributed by atoms with Crippen molar-refractivity contribution in [2.75, 3.05) is 6.61 Å². The van der Waals surface area contributed by atoms with Crippen LogP contribution in [0.4, 0.5) is 0 Å². The maximum Gasteiger partial charge on any atom is 0.140 e. The molecule has 0 radical (unpaired) electrons. The lowest BCUT2D eigenvalue weighted by molar-refractivity contribution is -0.132. The average Bonchev–Trinajstić information content (AvgIpc) is 2.29. The summed E-state index contributed by atoms with van der Waals surface area (Å²) in [7, 11) is 0. The number of carbonyl (C=O) groups is 1. The minimum atomic E-state index is -0.144. The normalized spacial score (nSPS) is 23.3. The summed E-state index contributed by atoms with van der Waals surface area (Å²) in [6, 6.07) is 9.98. The molecule has 1 unspecified atom stereocenters. The molecular formula is C15H20O2. The number of ketones is 1. The van der Waals surface area contributed by atoms with Gasteiger partial charge in [-0.15, -0.1) is 0 Å². The first-order valence-electron chi connectivity index (χ1n) is 6.27. The van der Waals surface area contributed by atoms with Crippen molar-refractivity contribution in [3.8, 4) is 0 Å². The molecule has 0 aliphatic carbocycles. The van der Waals surface area contributed by atoms with E-state index in [1.54, 1.807) is 0 Å². The summed E-state index contributed by atoms with van der Waals surface area (Å²) in [4.78, 5) is 12.2. The third-order valence-corrected chi connectivity index (χ3v) is 3.37. The first kappa shape index (κ1) is 12.3. The van der Waals surface area contributed by atoms with Gasteiger partial charge in [0.2, 0.25) is 0 Å². The van der Waals surface area contributed by atoms with E-state index in [0.717, 1.165) is 18.4 Å². The summed E-state index contributed by atoms with van der Waals surface area (Å²) in [5.41, 5.74) is 0.969. The van der Waals surface area contributed by atoms with E-state index in [2.05, 4.69) is 13.8 Å². The Balaban J connectivity index is 1.96. The third-order valence-electron chi connectivity index (χ3n) is 3.37. The second-order valence-corrected chi connectivity index (χ2v) is 5.43. The standard InChI is InChI=1S/C15H20O2/c1-15(2)11-13(8-9-17-15)14(16)10-12-6-4-3-5-7-12/h3-7,13H,8-11H2,1-2H3. The molecule has 1 aromatic rings. The molecule has 2 nitrogen and oxygen atoms in total. The highest BCUT2D eigenvalue weighted by Gasteiger charge is 2.32. The van der Waals surface area contributed by atoms with E-state index in [-0.39, 0.29) is 11.5 Å². The highest BCUT2D eigenvalue weighted by molar-refractivity contribution is 5.83. The van der Waals surface area contributed by atoms with Crippen LogP contribution in [0.3, 0.4) is 0 Å². The first-order valence-corrected chi connectivity index (χ1v) is 6.27. The van der Waals surface area contributed by atoms with Crippen LogP contribution in [0.15, 0.2) is 30.3 Å². The van der Waals surface area contributed by atoms with E-state index in [4.69, 9.17) is 4.74 Å². The highest BCUT2D eigenvalue weighted by atomic mass is 16.5. The van der Waals surface area contributed by atoms with Gasteiger partial charge >= 0.3 is 0 Å². The van der Waals surface area contributed by atoms with Crippen molar-refractivity contribution in [1.82, 2.24) is 0 Å². The molecule has 1 aliphatic heterocycles. The molecule has 2 rings (SSSR count). The zero-order valence-corrected chi connectivity index (χ0v) is 10.6. The van der Waals surface area contributed by atoms with Crippen LogP contribution >= 0.6 is 0 Å². The fourth-order valence-corrected chi connectivity index (χ4v) is 2.45. The van der Waals surface area contributed by atoms with E-state index in [9.17, 15) is 4.79 Å². The Morgan fingerprint density at radius 3 is 2.71 bits per heavy atom. The second-order valence-electron chi connectivity index (χ2n) is 5.43. The number of ether oxygens (including phenoxy) is 1. The molecule has 0 saturated carbocycles. The second kappa shape index (κ2) is 5.01. The number of hydrogen-bond acceptors (Lipinski definition) is 2. The van der Waals surface area contributed by atoms with Crippen molar-refractivity contribution in [2.24, 2.45) is 5.92 Å². The zero-order valence-electron chi connectivity index (χ0n) is 10.6. The lowest BCUT2D eigenvalue weighted by atomic mass is 9.84. The van der Waals surface area contributed by atoms with E-state index in [0.29, 0.717) is 18.8 Å². The Morgan fingerprint density at radius 1 is 1.35 bits per heavy atom. The molecule has 0 spiro atoms. The fourth-order valence-electron chi connectivity index (χ4n) is 2.45. The summed E-state index contributed by atoms with van der Waals surface area (Å²) < 4.78 is 5.64. The Hall–Kier alpha value is -1.15. The van der Waals surface area contributed by atoms with Gasteiger partial charge in [-0.05, 0) is 32.3 Å². The minimum absolute atomic E-state index is 0.144. The minimum Gasteiger partial charge on any atom is -0.376 e. The largest absolute Gasteiger partial charge is 0.376 e. The number of benzene rings is 1. The van der Waals surface area contributed by atoms with E-state index >= 15 is 0 Å². The summed E-state index contributed by atoms with van der Waals surface area (Å²) in [5, 5.41) is 0. The molecule has 0 aromatic heterocycles. The fraction of sp³-hybridized carbons (Fsp3) is 0.533. The summed E-state index contributed by atoms with van der Waals surface area (Å²) >= 11 is 0. The van der Waals surface area contributed by atoms with E-state index < -0.39 is 0 Å². The lowest BCUT2D eigenvalue weighted by Crippen LogP contribution is -2.37. The summed E-state index contributed by atoms with van der Waals surface area (Å²) in [6.45, 7) is 4.84. The van der Waals surface area contributed by atoms with Crippen molar-refractivity contribution in [3.05, 3.63) is 35.9 Å². The summed E-state index contributed by atoms with van der Waals surface area (Å²) in [6.07, 6.45) is 2.27. The van der Waals surface area contributed by atoms with E-state index in [1.165, 1.54) is 0 Å². The van der Waals surface area contributed by atoms with Crippen LogP contribution in [-0.2, 0) is 16.0 Å². The molecule has 17 heavy (non-hydrogen) atoms. The SMILES string of the molecule is CC1(C)CC(C(=O)Cc2ccccc2)CCO1. The first-order chi connectivity index (χ1) is 8.07. The van der Waals surface area contributed by atoms with Gasteiger partial charge in [-0.3, -0.25) is 4.79 Å². The quantitative estimate of drug-likeness (QED) is 0.800. The summed E-state index contributed by atoms with van der Waals surface area (Å²) in [5.74, 6) is 0.520. The van der Waals surface area contributed by atoms with Crippen molar-refractivity contribution in [3.63, 3.8) is 0 Å². The van der Waals surface area contributed by atoms with Gasteiger partial charge in [0.1, 0.15) is 5.78 Å². The van der Waals surface area contributed by atoms with Gasteiger partial charge in [0.25, 0.3) is 0 Å². The van der Waals surface area contributed by atoms with Crippen molar-refractivity contribution < 1.29 is 9.53 Å². The van der Waals surface area contributed by atoms with Gasteiger partial charge in [0.05, 0.1) is 5.60 Å². The topological polar surface area (TPSA) is 26.3 Å². The van der Waals surface area contributed by atoms with Gasteiger partial charge in [-0.1, -0.05) is 30.3 Å². The molecule has 1 aromatic carbocycles. The number of Topliss-reactive ketones (excluding diaryl/α,β-unsaturated/α-hetero) is 1. The molecule has 1 saturated heterocycles. The average molecular weight is 232 g/mol. The van der Waals surface area contributed by atoms with Crippen LogP contribution in [0.25, 0.3) is 0 Å². The highest BCUT2D eigenvalue weighted by Crippen LogP contribution is 2.29. The predicted molar refractivity (Wildman–Crippen MR) is 67.9 cm³/mol. The van der Waals surface area contributed by atoms with E-state index in [1.807, 2.05) is 30.3 Å². The van der Waals surface area contributed by atoms with Crippen LogP contribution in [0, 0.1) is 5.92 Å². The molecule has 1 heterocycles. The maximum absolute atomic E-state index is 12.2. The van der Waals surface area contributed by atoms with Gasteiger partial charge in [0, 0.05) is 18.9 Å². The number of carbonyl (C=O) groups excluding carboxylic acids is 1. The monoisotopic (exact) mass is 232 g/mol. The number of hydrogen-bond donors (Lipinski definition) is 0. The molecule has 0 N–H and O–H groups in total. The smallest absolute Gasteiger partial charge is 0.140 e.